The van der Waals surface area contributed by atoms with Crippen LogP contribution in [0.25, 0.3) is 0 Å². The van der Waals surface area contributed by atoms with E-state index in [-0.39, 0.29) is 5.41 Å². The van der Waals surface area contributed by atoms with Gasteiger partial charge in [-0.25, -0.2) is 0 Å². The third kappa shape index (κ3) is 6.01. The van der Waals surface area contributed by atoms with Gasteiger partial charge in [0.15, 0.2) is 17.5 Å². The average molecular weight is 420 g/mol. The van der Waals surface area contributed by atoms with Crippen LogP contribution in [0, 0.1) is 0 Å². The van der Waals surface area contributed by atoms with Crippen LogP contribution in [-0.2, 0) is 14.9 Å². The number of guanidine groups is 1. The molecule has 1 aromatic carbocycles. The molecule has 1 saturated heterocycles. The third-order valence-electron chi connectivity index (χ3n) is 5.81. The van der Waals surface area contributed by atoms with Gasteiger partial charge in [-0.05, 0) is 37.0 Å². The van der Waals surface area contributed by atoms with E-state index in [4.69, 9.17) is 18.9 Å². The number of likely N-dealkylation sites (tertiary alicyclic amines) is 1. The second-order valence-electron chi connectivity index (χ2n) is 8.55. The van der Waals surface area contributed by atoms with E-state index >= 15 is 0 Å². The van der Waals surface area contributed by atoms with Crippen molar-refractivity contribution in [2.45, 2.75) is 44.6 Å². The molecule has 30 heavy (non-hydrogen) atoms. The first-order valence-electron chi connectivity index (χ1n) is 11.0. The lowest BCUT2D eigenvalue weighted by Crippen LogP contribution is -2.49. The molecule has 0 unspecified atom stereocenters. The minimum absolute atomic E-state index is 0.0748. The van der Waals surface area contributed by atoms with Gasteiger partial charge in [0, 0.05) is 52.4 Å². The first-order chi connectivity index (χ1) is 14.5. The molecule has 168 valence electrons. The van der Waals surface area contributed by atoms with Crippen molar-refractivity contribution < 1.29 is 18.9 Å². The fourth-order valence-corrected chi connectivity index (χ4v) is 3.89. The highest BCUT2D eigenvalue weighted by Crippen LogP contribution is 2.35. The number of aliphatic imine (C=N–C) groups is 1. The molecule has 0 radical (unpaired) electrons. The molecule has 7 heteroatoms. The van der Waals surface area contributed by atoms with Gasteiger partial charge >= 0.3 is 0 Å². The smallest absolute Gasteiger partial charge is 0.193 e. The van der Waals surface area contributed by atoms with Crippen LogP contribution in [0.1, 0.15) is 38.7 Å². The molecule has 1 aromatic rings. The summed E-state index contributed by atoms with van der Waals surface area (Å²) in [6.07, 6.45) is 3.35. The van der Waals surface area contributed by atoms with Gasteiger partial charge in [-0.2, -0.15) is 0 Å². The van der Waals surface area contributed by atoms with Crippen LogP contribution in [0.2, 0.25) is 0 Å². The maximum atomic E-state index is 5.98. The van der Waals surface area contributed by atoms with Crippen molar-refractivity contribution in [2.24, 2.45) is 4.99 Å². The van der Waals surface area contributed by atoms with E-state index in [0.29, 0.717) is 19.3 Å². The first kappa shape index (κ1) is 22.7. The SMILES string of the molecule is CN=C(NCC(C)(C)c1ccc2c(c1)OCCO2)N1CCC(OCCCOC)CC1. The van der Waals surface area contributed by atoms with E-state index in [1.54, 1.807) is 7.11 Å². The van der Waals surface area contributed by atoms with Gasteiger partial charge in [0.1, 0.15) is 13.2 Å². The molecular weight excluding hydrogens is 382 g/mol. The van der Waals surface area contributed by atoms with Gasteiger partial charge in [0.2, 0.25) is 0 Å². The Labute approximate surface area is 180 Å². The van der Waals surface area contributed by atoms with E-state index in [0.717, 1.165) is 69.6 Å². The van der Waals surface area contributed by atoms with Gasteiger partial charge in [0.05, 0.1) is 6.10 Å². The van der Waals surface area contributed by atoms with Gasteiger partial charge in [0.25, 0.3) is 0 Å². The fourth-order valence-electron chi connectivity index (χ4n) is 3.89. The van der Waals surface area contributed by atoms with Crippen molar-refractivity contribution in [2.75, 3.05) is 60.2 Å². The molecule has 1 N–H and O–H groups in total. The largest absolute Gasteiger partial charge is 0.486 e. The Bertz CT molecular complexity index is 700. The predicted molar refractivity (Wildman–Crippen MR) is 119 cm³/mol. The zero-order valence-corrected chi connectivity index (χ0v) is 18.9. The second kappa shape index (κ2) is 10.9. The number of nitrogens with zero attached hydrogens (tertiary/aromatic N) is 2. The molecule has 0 saturated carbocycles. The molecule has 2 heterocycles. The number of rotatable bonds is 8. The summed E-state index contributed by atoms with van der Waals surface area (Å²) in [7, 11) is 3.58. The topological polar surface area (TPSA) is 64.6 Å². The van der Waals surface area contributed by atoms with Crippen molar-refractivity contribution in [3.05, 3.63) is 23.8 Å². The molecule has 0 aliphatic carbocycles. The highest BCUT2D eigenvalue weighted by molar-refractivity contribution is 5.80. The van der Waals surface area contributed by atoms with Crippen molar-refractivity contribution in [3.8, 4) is 11.5 Å². The molecule has 0 aromatic heterocycles. The summed E-state index contributed by atoms with van der Waals surface area (Å²) < 4.78 is 22.5. The van der Waals surface area contributed by atoms with Crippen LogP contribution >= 0.6 is 0 Å². The minimum Gasteiger partial charge on any atom is -0.486 e. The predicted octanol–water partition coefficient (Wildman–Crippen LogP) is 2.83. The van der Waals surface area contributed by atoms with Crippen molar-refractivity contribution in [3.63, 3.8) is 0 Å². The lowest BCUT2D eigenvalue weighted by molar-refractivity contribution is 0.00987. The summed E-state index contributed by atoms with van der Waals surface area (Å²) in [6, 6.07) is 6.24. The Morgan fingerprint density at radius 1 is 1.17 bits per heavy atom. The maximum absolute atomic E-state index is 5.98. The molecule has 2 aliphatic heterocycles. The number of piperidine rings is 1. The standard InChI is InChI=1S/C23H37N3O4/c1-23(2,18-6-7-20-21(16-18)30-15-14-29-20)17-25-22(24-3)26-10-8-19(9-11-26)28-13-5-12-27-4/h6-7,16,19H,5,8-15,17H2,1-4H3,(H,24,25). The van der Waals surface area contributed by atoms with E-state index in [2.05, 4.69) is 41.2 Å². The summed E-state index contributed by atoms with van der Waals surface area (Å²) in [5.41, 5.74) is 1.15. The Balaban J connectivity index is 1.49. The Kier molecular flexibility index (Phi) is 8.22. The van der Waals surface area contributed by atoms with Crippen molar-refractivity contribution in [1.82, 2.24) is 10.2 Å². The number of hydrogen-bond donors (Lipinski definition) is 1. The van der Waals surface area contributed by atoms with E-state index in [1.165, 1.54) is 5.56 Å². The van der Waals surface area contributed by atoms with Crippen molar-refractivity contribution in [1.29, 1.82) is 0 Å². The molecule has 7 nitrogen and oxygen atoms in total. The average Bonchev–Trinajstić information content (AvgIpc) is 2.77. The molecule has 1 fully saturated rings. The van der Waals surface area contributed by atoms with Gasteiger partial charge < -0.3 is 29.2 Å². The third-order valence-corrected chi connectivity index (χ3v) is 5.81. The Morgan fingerprint density at radius 2 is 1.90 bits per heavy atom. The lowest BCUT2D eigenvalue weighted by Gasteiger charge is -2.36. The number of ether oxygens (including phenoxy) is 4. The van der Waals surface area contributed by atoms with Gasteiger partial charge in [-0.1, -0.05) is 19.9 Å². The summed E-state index contributed by atoms with van der Waals surface area (Å²) in [6.45, 7) is 9.92. The zero-order valence-electron chi connectivity index (χ0n) is 18.9. The fraction of sp³-hybridized carbons (Fsp3) is 0.696. The molecule has 0 spiro atoms. The van der Waals surface area contributed by atoms with Crippen LogP contribution in [0.3, 0.4) is 0 Å². The second-order valence-corrected chi connectivity index (χ2v) is 8.55. The molecule has 0 amide bonds. The van der Waals surface area contributed by atoms with Crippen molar-refractivity contribution >= 4 is 5.96 Å². The number of methoxy groups -OCH3 is 1. The number of fused-ring (bicyclic) bond motifs is 1. The summed E-state index contributed by atoms with van der Waals surface area (Å²) >= 11 is 0. The Morgan fingerprint density at radius 3 is 2.60 bits per heavy atom. The maximum Gasteiger partial charge on any atom is 0.193 e. The number of nitrogens with one attached hydrogen (secondary N) is 1. The van der Waals surface area contributed by atoms with E-state index in [1.807, 2.05) is 13.1 Å². The number of hydrogen-bond acceptors (Lipinski definition) is 5. The Hall–Kier alpha value is -1.99. The summed E-state index contributed by atoms with van der Waals surface area (Å²) in [4.78, 5) is 6.85. The first-order valence-corrected chi connectivity index (χ1v) is 11.0. The lowest BCUT2D eigenvalue weighted by atomic mass is 9.84. The normalized spacial score (nSPS) is 17.9. The molecule has 3 rings (SSSR count). The number of benzene rings is 1. The molecule has 0 bridgehead atoms. The van der Waals surface area contributed by atoms with E-state index < -0.39 is 0 Å². The minimum atomic E-state index is -0.0748. The highest BCUT2D eigenvalue weighted by atomic mass is 16.6. The van der Waals surface area contributed by atoms with E-state index in [9.17, 15) is 0 Å². The highest BCUT2D eigenvalue weighted by Gasteiger charge is 2.26. The molecule has 0 atom stereocenters. The van der Waals surface area contributed by atoms with Gasteiger partial charge in [-0.15, -0.1) is 0 Å². The van der Waals surface area contributed by atoms with Gasteiger partial charge in [-0.3, -0.25) is 4.99 Å². The van der Waals surface area contributed by atoms with Crippen LogP contribution in [-0.4, -0.2) is 77.2 Å². The van der Waals surface area contributed by atoms with Crippen LogP contribution in [0.5, 0.6) is 11.5 Å². The summed E-state index contributed by atoms with van der Waals surface area (Å²) in [5.74, 6) is 2.62. The molecular formula is C23H37N3O4. The van der Waals surface area contributed by atoms with Crippen LogP contribution < -0.4 is 14.8 Å². The zero-order chi connectivity index (χ0) is 21.4. The monoisotopic (exact) mass is 419 g/mol. The van der Waals surface area contributed by atoms with Crippen LogP contribution in [0.4, 0.5) is 0 Å². The van der Waals surface area contributed by atoms with Crippen LogP contribution in [0.15, 0.2) is 23.2 Å². The quantitative estimate of drug-likeness (QED) is 0.397. The summed E-state index contributed by atoms with van der Waals surface area (Å²) in [5, 5.41) is 3.58. The molecule has 2 aliphatic rings.